The topological polar surface area (TPSA) is 73.7 Å². The Labute approximate surface area is 172 Å². The van der Waals surface area contributed by atoms with Crippen LogP contribution in [0, 0.1) is 5.92 Å². The zero-order valence-corrected chi connectivity index (χ0v) is 18.4. The van der Waals surface area contributed by atoms with Gasteiger partial charge in [0.15, 0.2) is 0 Å². The van der Waals surface area contributed by atoms with Crippen LogP contribution in [0.5, 0.6) is 0 Å². The van der Waals surface area contributed by atoms with E-state index in [9.17, 15) is 15.3 Å². The number of hydrogen-bond donors (Lipinski definition) is 3. The van der Waals surface area contributed by atoms with Crippen molar-refractivity contribution in [1.82, 2.24) is 19.6 Å². The molecule has 0 saturated carbocycles. The van der Waals surface area contributed by atoms with Gasteiger partial charge >= 0.3 is 0 Å². The van der Waals surface area contributed by atoms with E-state index < -0.39 is 0 Å². The number of nitrogens with zero attached hydrogens (tertiary/aromatic N) is 4. The molecule has 0 aromatic carbocycles. The summed E-state index contributed by atoms with van der Waals surface area (Å²) in [6.45, 7) is 16.5. The second-order valence-corrected chi connectivity index (χ2v) is 8.45. The Morgan fingerprint density at radius 2 is 0.857 bits per heavy atom. The largest absolute Gasteiger partial charge is 0.395 e. The molecule has 1 rings (SSSR count). The Morgan fingerprint density at radius 1 is 0.536 bits per heavy atom. The van der Waals surface area contributed by atoms with E-state index in [-0.39, 0.29) is 19.8 Å². The fourth-order valence-electron chi connectivity index (χ4n) is 4.08. The Balaban J connectivity index is 2.71. The van der Waals surface area contributed by atoms with Crippen molar-refractivity contribution >= 4 is 0 Å². The smallest absolute Gasteiger partial charge is 0.0558 e. The molecule has 7 nitrogen and oxygen atoms in total. The van der Waals surface area contributed by atoms with E-state index >= 15 is 0 Å². The lowest BCUT2D eigenvalue weighted by atomic mass is 10.2. The van der Waals surface area contributed by atoms with Crippen molar-refractivity contribution in [3.63, 3.8) is 0 Å². The van der Waals surface area contributed by atoms with Gasteiger partial charge in [0, 0.05) is 39.3 Å². The number of hydrogen-bond acceptors (Lipinski definition) is 7. The number of aliphatic hydroxyl groups is 3. The van der Waals surface area contributed by atoms with Gasteiger partial charge < -0.3 is 25.1 Å². The van der Waals surface area contributed by atoms with Crippen LogP contribution in [-0.2, 0) is 0 Å². The maximum Gasteiger partial charge on any atom is 0.0558 e. The maximum absolute atomic E-state index is 9.41. The minimum Gasteiger partial charge on any atom is -0.395 e. The van der Waals surface area contributed by atoms with Crippen molar-refractivity contribution in [3.05, 3.63) is 0 Å². The van der Waals surface area contributed by atoms with E-state index in [4.69, 9.17) is 0 Å². The molecule has 0 radical (unpaired) electrons. The highest BCUT2D eigenvalue weighted by Gasteiger charge is 2.14. The molecule has 0 atom stereocenters. The molecular formula is C21H46N4O3. The van der Waals surface area contributed by atoms with Gasteiger partial charge in [-0.25, -0.2) is 0 Å². The van der Waals surface area contributed by atoms with Crippen LogP contribution in [0.1, 0.15) is 33.1 Å². The molecular weight excluding hydrogens is 356 g/mol. The molecule has 1 fully saturated rings. The van der Waals surface area contributed by atoms with Gasteiger partial charge in [-0.3, -0.25) is 9.80 Å². The van der Waals surface area contributed by atoms with Crippen LogP contribution in [0.2, 0.25) is 0 Å². The van der Waals surface area contributed by atoms with E-state index in [0.29, 0.717) is 12.5 Å². The lowest BCUT2D eigenvalue weighted by Gasteiger charge is -2.28. The van der Waals surface area contributed by atoms with E-state index in [0.717, 1.165) is 91.3 Å². The van der Waals surface area contributed by atoms with Crippen LogP contribution < -0.4 is 0 Å². The van der Waals surface area contributed by atoms with Crippen LogP contribution in [-0.4, -0.2) is 133 Å². The Hall–Kier alpha value is -0.280. The average Bonchev–Trinajstić information content (AvgIpc) is 2.65. The summed E-state index contributed by atoms with van der Waals surface area (Å²) in [4.78, 5) is 9.64. The summed E-state index contributed by atoms with van der Waals surface area (Å²) >= 11 is 0. The zero-order chi connectivity index (χ0) is 20.6. The fraction of sp³-hybridized carbons (Fsp3) is 1.00. The zero-order valence-electron chi connectivity index (χ0n) is 18.4. The predicted molar refractivity (Wildman–Crippen MR) is 116 cm³/mol. The van der Waals surface area contributed by atoms with Gasteiger partial charge in [0.05, 0.1) is 19.8 Å². The predicted octanol–water partition coefficient (Wildman–Crippen LogP) is 0.0112. The Morgan fingerprint density at radius 3 is 1.18 bits per heavy atom. The summed E-state index contributed by atoms with van der Waals surface area (Å²) in [7, 11) is 0. The van der Waals surface area contributed by atoms with E-state index in [1.165, 1.54) is 0 Å². The third-order valence-electron chi connectivity index (χ3n) is 5.45. The molecule has 1 heterocycles. The average molecular weight is 403 g/mol. The summed E-state index contributed by atoms with van der Waals surface area (Å²) in [5, 5.41) is 28.2. The molecule has 0 aromatic rings. The van der Waals surface area contributed by atoms with Crippen LogP contribution in [0.25, 0.3) is 0 Å². The molecule has 7 heteroatoms. The van der Waals surface area contributed by atoms with E-state index in [2.05, 4.69) is 33.4 Å². The molecule has 0 aliphatic carbocycles. The van der Waals surface area contributed by atoms with Crippen molar-refractivity contribution in [2.24, 2.45) is 5.92 Å². The van der Waals surface area contributed by atoms with Gasteiger partial charge in [0.25, 0.3) is 0 Å². The molecule has 1 saturated heterocycles. The fourth-order valence-corrected chi connectivity index (χ4v) is 4.08. The van der Waals surface area contributed by atoms with Crippen LogP contribution in [0.4, 0.5) is 0 Å². The molecule has 168 valence electrons. The number of rotatable bonds is 8. The molecule has 1 aliphatic heterocycles. The van der Waals surface area contributed by atoms with Gasteiger partial charge in [0.2, 0.25) is 0 Å². The first kappa shape index (κ1) is 25.8. The van der Waals surface area contributed by atoms with Gasteiger partial charge in [0.1, 0.15) is 0 Å². The molecule has 28 heavy (non-hydrogen) atoms. The van der Waals surface area contributed by atoms with Crippen LogP contribution in [0.3, 0.4) is 0 Å². The second-order valence-electron chi connectivity index (χ2n) is 8.45. The van der Waals surface area contributed by atoms with Crippen molar-refractivity contribution in [3.8, 4) is 0 Å². The first-order valence-corrected chi connectivity index (χ1v) is 11.3. The summed E-state index contributed by atoms with van der Waals surface area (Å²) in [6, 6.07) is 0. The maximum atomic E-state index is 9.41. The molecule has 1 aliphatic rings. The minimum atomic E-state index is 0.185. The van der Waals surface area contributed by atoms with Gasteiger partial charge in [-0.1, -0.05) is 13.8 Å². The first-order chi connectivity index (χ1) is 13.6. The lowest BCUT2D eigenvalue weighted by molar-refractivity contribution is 0.142. The summed E-state index contributed by atoms with van der Waals surface area (Å²) in [6.07, 6.45) is 3.30. The second kappa shape index (κ2) is 16.5. The summed E-state index contributed by atoms with van der Waals surface area (Å²) in [5.74, 6) is 0.663. The molecule has 0 spiro atoms. The monoisotopic (exact) mass is 402 g/mol. The first-order valence-electron chi connectivity index (χ1n) is 11.3. The van der Waals surface area contributed by atoms with E-state index in [1.807, 2.05) is 0 Å². The van der Waals surface area contributed by atoms with Gasteiger partial charge in [-0.15, -0.1) is 0 Å². The molecule has 0 amide bonds. The van der Waals surface area contributed by atoms with Crippen LogP contribution in [0.15, 0.2) is 0 Å². The lowest BCUT2D eigenvalue weighted by Crippen LogP contribution is -2.40. The molecule has 3 N–H and O–H groups in total. The van der Waals surface area contributed by atoms with Gasteiger partial charge in [-0.05, 0) is 64.4 Å². The third-order valence-corrected chi connectivity index (χ3v) is 5.45. The minimum absolute atomic E-state index is 0.185. The van der Waals surface area contributed by atoms with Crippen molar-refractivity contribution < 1.29 is 15.3 Å². The highest BCUT2D eigenvalue weighted by molar-refractivity contribution is 4.69. The van der Waals surface area contributed by atoms with Crippen LogP contribution >= 0.6 is 0 Å². The molecule has 0 unspecified atom stereocenters. The summed E-state index contributed by atoms with van der Waals surface area (Å²) < 4.78 is 0. The Kier molecular flexibility index (Phi) is 15.2. The standard InChI is InChI=1S/C21H46N4O3/c1-21(2)20-25-10-4-7-22(14-17-26)6-3-8-23(15-18-27)12-13-24(16-19-28)9-5-11-25/h21,26-28H,3-20H2,1-2H3. The highest BCUT2D eigenvalue weighted by Crippen LogP contribution is 2.06. The molecule has 0 bridgehead atoms. The normalized spacial score (nSPS) is 21.6. The summed E-state index contributed by atoms with van der Waals surface area (Å²) in [5.41, 5.74) is 0. The quantitative estimate of drug-likeness (QED) is 0.528. The SMILES string of the molecule is CC(C)CN1CCCN(CCO)CCCN(CCO)CCN(CCO)CCC1. The number of aliphatic hydroxyl groups excluding tert-OH is 3. The third kappa shape index (κ3) is 12.3. The van der Waals surface area contributed by atoms with Gasteiger partial charge in [-0.2, -0.15) is 0 Å². The highest BCUT2D eigenvalue weighted by atomic mass is 16.3. The van der Waals surface area contributed by atoms with Crippen molar-refractivity contribution in [1.29, 1.82) is 0 Å². The van der Waals surface area contributed by atoms with Crippen molar-refractivity contribution in [2.75, 3.05) is 98.4 Å². The number of β-amino-alcohol motifs (C(OH)–C–C–N with tert-alkyl or cyclic N) is 3. The Bertz CT molecular complexity index is 361. The van der Waals surface area contributed by atoms with E-state index in [1.54, 1.807) is 0 Å². The molecule has 0 aromatic heterocycles. The van der Waals surface area contributed by atoms with Crippen molar-refractivity contribution in [2.45, 2.75) is 33.1 Å².